The summed E-state index contributed by atoms with van der Waals surface area (Å²) in [5, 5.41) is 2.53. The minimum absolute atomic E-state index is 0.0259. The third-order valence-electron chi connectivity index (χ3n) is 3.06. The lowest BCUT2D eigenvalue weighted by molar-refractivity contribution is -0.133. The van der Waals surface area contributed by atoms with Crippen molar-refractivity contribution in [3.63, 3.8) is 0 Å². The van der Waals surface area contributed by atoms with E-state index in [1.54, 1.807) is 7.05 Å². The molecule has 0 aliphatic carbocycles. The zero-order valence-electron chi connectivity index (χ0n) is 10.8. The van der Waals surface area contributed by atoms with Crippen molar-refractivity contribution in [1.29, 1.82) is 0 Å². The Bertz CT molecular complexity index is 419. The molecule has 104 valence electrons. The number of hydrogen-bond acceptors (Lipinski definition) is 4. The van der Waals surface area contributed by atoms with Crippen LogP contribution in [-0.4, -0.2) is 56.3 Å². The second-order valence-electron chi connectivity index (χ2n) is 4.59. The molecular weight excluding hydrogens is 256 g/mol. The summed E-state index contributed by atoms with van der Waals surface area (Å²) >= 11 is 0. The van der Waals surface area contributed by atoms with Gasteiger partial charge in [-0.15, -0.1) is 0 Å². The summed E-state index contributed by atoms with van der Waals surface area (Å²) in [6, 6.07) is -0.259. The van der Waals surface area contributed by atoms with Crippen LogP contribution in [0.4, 0.5) is 0 Å². The van der Waals surface area contributed by atoms with E-state index >= 15 is 0 Å². The van der Waals surface area contributed by atoms with Crippen LogP contribution in [0.2, 0.25) is 0 Å². The van der Waals surface area contributed by atoms with Gasteiger partial charge >= 0.3 is 0 Å². The molecule has 1 rings (SSSR count). The molecule has 6 nitrogen and oxygen atoms in total. The molecule has 0 radical (unpaired) electrons. The lowest BCUT2D eigenvalue weighted by Gasteiger charge is -2.23. The highest BCUT2D eigenvalue weighted by Gasteiger charge is 2.32. The largest absolute Gasteiger partial charge is 0.347 e. The maximum atomic E-state index is 11.8. The number of nitrogens with zero attached hydrogens (tertiary/aromatic N) is 1. The van der Waals surface area contributed by atoms with Crippen LogP contribution < -0.4 is 5.32 Å². The number of sulfone groups is 1. The fraction of sp³-hybridized carbons (Fsp3) is 0.818. The molecule has 0 spiro atoms. The highest BCUT2D eigenvalue weighted by atomic mass is 32.2. The molecule has 2 amide bonds. The molecule has 0 saturated carbocycles. The average Bonchev–Trinajstić information content (AvgIpc) is 2.66. The van der Waals surface area contributed by atoms with E-state index in [2.05, 4.69) is 5.32 Å². The second kappa shape index (κ2) is 6.17. The number of carbonyl (C=O) groups is 2. The SMILES string of the molecule is CCCC(=O)NCC(=O)N(C)C1CCS(=O)(=O)C1. The maximum absolute atomic E-state index is 11.8. The van der Waals surface area contributed by atoms with E-state index in [-0.39, 0.29) is 35.9 Å². The average molecular weight is 276 g/mol. The first-order valence-corrected chi connectivity index (χ1v) is 7.90. The molecule has 1 heterocycles. The summed E-state index contributed by atoms with van der Waals surface area (Å²) in [4.78, 5) is 24.4. The van der Waals surface area contributed by atoms with Crippen molar-refractivity contribution in [3.8, 4) is 0 Å². The Hall–Kier alpha value is -1.11. The predicted molar refractivity (Wildman–Crippen MR) is 67.7 cm³/mol. The Balaban J connectivity index is 2.40. The number of amides is 2. The molecule has 1 aliphatic heterocycles. The van der Waals surface area contributed by atoms with E-state index in [1.165, 1.54) is 4.90 Å². The first kappa shape index (κ1) is 14.9. The summed E-state index contributed by atoms with van der Waals surface area (Å²) < 4.78 is 22.6. The van der Waals surface area contributed by atoms with Gasteiger partial charge in [-0.3, -0.25) is 9.59 Å². The van der Waals surface area contributed by atoms with Crippen molar-refractivity contribution in [2.75, 3.05) is 25.1 Å². The van der Waals surface area contributed by atoms with Crippen molar-refractivity contribution >= 4 is 21.7 Å². The third kappa shape index (κ3) is 4.29. The lowest BCUT2D eigenvalue weighted by Crippen LogP contribution is -2.43. The van der Waals surface area contributed by atoms with E-state index in [0.717, 1.165) is 6.42 Å². The molecular formula is C11H20N2O4S. The highest BCUT2D eigenvalue weighted by molar-refractivity contribution is 7.91. The second-order valence-corrected chi connectivity index (χ2v) is 6.82. The van der Waals surface area contributed by atoms with Gasteiger partial charge in [-0.1, -0.05) is 6.92 Å². The summed E-state index contributed by atoms with van der Waals surface area (Å²) in [5.41, 5.74) is 0. The van der Waals surface area contributed by atoms with Gasteiger partial charge in [-0.05, 0) is 12.8 Å². The van der Waals surface area contributed by atoms with Crippen molar-refractivity contribution in [2.45, 2.75) is 32.2 Å². The first-order valence-electron chi connectivity index (χ1n) is 6.08. The van der Waals surface area contributed by atoms with Crippen LogP contribution in [0, 0.1) is 0 Å². The van der Waals surface area contributed by atoms with Crippen molar-refractivity contribution in [2.24, 2.45) is 0 Å². The number of nitrogens with one attached hydrogen (secondary N) is 1. The lowest BCUT2D eigenvalue weighted by atomic mass is 10.2. The summed E-state index contributed by atoms with van der Waals surface area (Å²) in [5.74, 6) is -0.241. The fourth-order valence-electron chi connectivity index (χ4n) is 1.90. The van der Waals surface area contributed by atoms with Crippen LogP contribution >= 0.6 is 0 Å². The van der Waals surface area contributed by atoms with Crippen LogP contribution in [0.3, 0.4) is 0 Å². The van der Waals surface area contributed by atoms with Crippen LogP contribution in [0.1, 0.15) is 26.2 Å². The van der Waals surface area contributed by atoms with Gasteiger partial charge < -0.3 is 10.2 Å². The highest BCUT2D eigenvalue weighted by Crippen LogP contribution is 2.16. The van der Waals surface area contributed by atoms with Crippen molar-refractivity contribution < 1.29 is 18.0 Å². The Labute approximate surface area is 108 Å². The van der Waals surface area contributed by atoms with Crippen LogP contribution in [0.15, 0.2) is 0 Å². The number of carbonyl (C=O) groups excluding carboxylic acids is 2. The zero-order valence-corrected chi connectivity index (χ0v) is 11.6. The minimum atomic E-state index is -3.00. The van der Waals surface area contributed by atoms with Gasteiger partial charge in [-0.25, -0.2) is 8.42 Å². The van der Waals surface area contributed by atoms with Gasteiger partial charge in [0.1, 0.15) is 0 Å². The van der Waals surface area contributed by atoms with Crippen LogP contribution in [-0.2, 0) is 19.4 Å². The van der Waals surface area contributed by atoms with Crippen LogP contribution in [0.25, 0.3) is 0 Å². The molecule has 0 aromatic heterocycles. The van der Waals surface area contributed by atoms with Crippen molar-refractivity contribution in [3.05, 3.63) is 0 Å². The van der Waals surface area contributed by atoms with Crippen LogP contribution in [0.5, 0.6) is 0 Å². The smallest absolute Gasteiger partial charge is 0.241 e. The Morgan fingerprint density at radius 2 is 2.06 bits per heavy atom. The van der Waals surface area contributed by atoms with Gasteiger partial charge in [0.2, 0.25) is 11.8 Å². The van der Waals surface area contributed by atoms with Gasteiger partial charge in [0.05, 0.1) is 18.1 Å². The summed E-state index contributed by atoms with van der Waals surface area (Å²) in [7, 11) is -1.41. The van der Waals surface area contributed by atoms with E-state index in [9.17, 15) is 18.0 Å². The van der Waals surface area contributed by atoms with E-state index in [4.69, 9.17) is 0 Å². The number of rotatable bonds is 5. The molecule has 1 atom stereocenters. The molecule has 0 aromatic carbocycles. The zero-order chi connectivity index (χ0) is 13.8. The molecule has 7 heteroatoms. The Kier molecular flexibility index (Phi) is 5.13. The van der Waals surface area contributed by atoms with Gasteiger partial charge in [0.25, 0.3) is 0 Å². The molecule has 0 bridgehead atoms. The predicted octanol–water partition coefficient (Wildman–Crippen LogP) is -0.452. The summed E-state index contributed by atoms with van der Waals surface area (Å²) in [6.07, 6.45) is 1.61. The monoisotopic (exact) mass is 276 g/mol. The summed E-state index contributed by atoms with van der Waals surface area (Å²) in [6.45, 7) is 1.82. The molecule has 1 N–H and O–H groups in total. The maximum Gasteiger partial charge on any atom is 0.241 e. The van der Waals surface area contributed by atoms with E-state index < -0.39 is 9.84 Å². The molecule has 1 unspecified atom stereocenters. The fourth-order valence-corrected chi connectivity index (χ4v) is 3.67. The standard InChI is InChI=1S/C11H20N2O4S/c1-3-4-10(14)12-7-11(15)13(2)9-5-6-18(16,17)8-9/h9H,3-8H2,1-2H3,(H,12,14). The molecule has 1 fully saturated rings. The number of likely N-dealkylation sites (N-methyl/N-ethyl adjacent to an activating group) is 1. The number of hydrogen-bond donors (Lipinski definition) is 1. The molecule has 1 saturated heterocycles. The topological polar surface area (TPSA) is 83.6 Å². The van der Waals surface area contributed by atoms with Gasteiger partial charge in [0.15, 0.2) is 9.84 Å². The van der Waals surface area contributed by atoms with Crippen molar-refractivity contribution in [1.82, 2.24) is 10.2 Å². The van der Waals surface area contributed by atoms with Gasteiger partial charge in [-0.2, -0.15) is 0 Å². The first-order chi connectivity index (χ1) is 8.35. The molecule has 1 aliphatic rings. The van der Waals surface area contributed by atoms with Gasteiger partial charge in [0, 0.05) is 19.5 Å². The van der Waals surface area contributed by atoms with E-state index in [1.807, 2.05) is 6.92 Å². The Morgan fingerprint density at radius 3 is 2.56 bits per heavy atom. The van der Waals surface area contributed by atoms with E-state index in [0.29, 0.717) is 12.8 Å². The quantitative estimate of drug-likeness (QED) is 0.737. The Morgan fingerprint density at radius 1 is 1.39 bits per heavy atom. The molecule has 18 heavy (non-hydrogen) atoms. The minimum Gasteiger partial charge on any atom is -0.347 e. The third-order valence-corrected chi connectivity index (χ3v) is 4.81. The molecule has 0 aromatic rings. The normalized spacial score (nSPS) is 21.6.